The highest BCUT2D eigenvalue weighted by Crippen LogP contribution is 2.30. The number of rotatable bonds is 3. The van der Waals surface area contributed by atoms with Crippen molar-refractivity contribution in [2.45, 2.75) is 6.92 Å². The maximum atomic E-state index is 11.9. The van der Waals surface area contributed by atoms with Gasteiger partial charge in [-0.3, -0.25) is 19.8 Å². The van der Waals surface area contributed by atoms with E-state index in [9.17, 15) is 4.79 Å². The summed E-state index contributed by atoms with van der Waals surface area (Å²) < 4.78 is 3.68. The van der Waals surface area contributed by atoms with Crippen LogP contribution in [0.2, 0.25) is 5.02 Å². The number of aryl methyl sites for hydroxylation is 1. The number of Topliss-reactive ketones (excluding diaryl/α,β-unsaturated/α-hetero) is 1. The van der Waals surface area contributed by atoms with E-state index in [2.05, 4.69) is 11.1 Å². The molecule has 0 amide bonds. The Kier molecular flexibility index (Phi) is 4.49. The summed E-state index contributed by atoms with van der Waals surface area (Å²) in [5.74, 6) is -0.00855. The monoisotopic (exact) mass is 426 g/mol. The summed E-state index contributed by atoms with van der Waals surface area (Å²) in [6.07, 6.45) is 1.79. The van der Waals surface area contributed by atoms with E-state index in [-0.39, 0.29) is 5.78 Å². The summed E-state index contributed by atoms with van der Waals surface area (Å²) in [5, 5.41) is 10.4. The number of hydrogen-bond acceptors (Lipinski definition) is 3. The number of fused-ring (bicyclic) bond motifs is 3. The van der Waals surface area contributed by atoms with E-state index in [1.54, 1.807) is 23.8 Å². The molecule has 0 aliphatic heterocycles. The zero-order chi connectivity index (χ0) is 21.7. The van der Waals surface area contributed by atoms with Gasteiger partial charge in [0.05, 0.1) is 22.7 Å². The maximum absolute atomic E-state index is 11.9. The number of halogens is 1. The highest BCUT2D eigenvalue weighted by atomic mass is 35.5. The fourth-order valence-corrected chi connectivity index (χ4v) is 4.08. The van der Waals surface area contributed by atoms with Crippen LogP contribution in [0.5, 0.6) is 0 Å². The van der Waals surface area contributed by atoms with Gasteiger partial charge in [0.15, 0.2) is 5.78 Å². The highest BCUT2D eigenvalue weighted by Gasteiger charge is 2.16. The van der Waals surface area contributed by atoms with Crippen molar-refractivity contribution >= 4 is 39.3 Å². The molecule has 1 N–H and O–H groups in total. The molecule has 0 bridgehead atoms. The van der Waals surface area contributed by atoms with Crippen molar-refractivity contribution in [2.75, 3.05) is 0 Å². The van der Waals surface area contributed by atoms with Crippen LogP contribution in [0.1, 0.15) is 17.3 Å². The van der Waals surface area contributed by atoms with Gasteiger partial charge in [0.1, 0.15) is 0 Å². The summed E-state index contributed by atoms with van der Waals surface area (Å²) in [6.45, 7) is 1.55. The van der Waals surface area contributed by atoms with E-state index in [0.29, 0.717) is 16.2 Å². The minimum Gasteiger partial charge on any atom is -0.312 e. The number of aromatic nitrogens is 3. The molecule has 3 aromatic carbocycles. The fourth-order valence-electron chi connectivity index (χ4n) is 3.96. The van der Waals surface area contributed by atoms with Crippen LogP contribution in [0.25, 0.3) is 38.8 Å². The summed E-state index contributed by atoms with van der Waals surface area (Å²) in [5.41, 5.74) is 6.35. The first-order valence-corrected chi connectivity index (χ1v) is 10.2. The molecule has 0 atom stereocenters. The minimum atomic E-state index is -0.00855. The van der Waals surface area contributed by atoms with Crippen molar-refractivity contribution in [1.82, 2.24) is 14.1 Å². The third-order valence-electron chi connectivity index (χ3n) is 5.62. The summed E-state index contributed by atoms with van der Waals surface area (Å²) in [7, 11) is 1.85. The molecule has 0 aliphatic rings. The van der Waals surface area contributed by atoms with Crippen LogP contribution < -0.4 is 5.62 Å². The molecule has 0 aliphatic carbocycles. The van der Waals surface area contributed by atoms with Crippen molar-refractivity contribution in [2.24, 2.45) is 7.05 Å². The van der Waals surface area contributed by atoms with Gasteiger partial charge in [-0.2, -0.15) is 0 Å². The second-order valence-electron chi connectivity index (χ2n) is 7.56. The number of imidazole rings is 1. The Labute approximate surface area is 183 Å². The lowest BCUT2D eigenvalue weighted by Crippen LogP contribution is -2.21. The first kappa shape index (κ1) is 19.3. The van der Waals surface area contributed by atoms with Gasteiger partial charge in [-0.15, -0.1) is 0 Å². The molecule has 152 valence electrons. The Balaban J connectivity index is 1.85. The van der Waals surface area contributed by atoms with E-state index in [1.165, 1.54) is 0 Å². The number of hydrogen-bond donors (Lipinski definition) is 1. The van der Waals surface area contributed by atoms with Gasteiger partial charge in [-0.1, -0.05) is 41.9 Å². The Morgan fingerprint density at radius 1 is 1.00 bits per heavy atom. The average Bonchev–Trinajstić information content (AvgIpc) is 3.04. The number of ketones is 1. The SMILES string of the molecule is CC(=O)c1cccc(-n2c(=N)n(C)c3cnc4ccc(-c5ccc(Cl)cc5)cc4c32)c1. The Hall–Kier alpha value is -3.70. The van der Waals surface area contributed by atoms with E-state index in [4.69, 9.17) is 17.0 Å². The number of benzene rings is 3. The third kappa shape index (κ3) is 3.14. The molecule has 6 heteroatoms. The average molecular weight is 427 g/mol. The number of carbonyl (C=O) groups excluding carboxylic acids is 1. The van der Waals surface area contributed by atoms with E-state index in [1.807, 2.05) is 66.2 Å². The summed E-state index contributed by atoms with van der Waals surface area (Å²) >= 11 is 6.06. The standard InChI is InChI=1S/C25H19ClN4O/c1-15(31)17-4-3-5-20(12-17)30-24-21-13-18(16-6-9-19(26)10-7-16)8-11-22(21)28-14-23(24)29(2)25(30)27/h3-14,27H,1-2H3. The molecule has 2 aromatic heterocycles. The van der Waals surface area contributed by atoms with Crippen LogP contribution in [-0.4, -0.2) is 19.9 Å². The van der Waals surface area contributed by atoms with Gasteiger partial charge >= 0.3 is 0 Å². The Morgan fingerprint density at radius 3 is 2.48 bits per heavy atom. The molecule has 5 rings (SSSR count). The van der Waals surface area contributed by atoms with Crippen molar-refractivity contribution in [3.05, 3.63) is 89.1 Å². The molecular formula is C25H19ClN4O. The molecule has 0 unspecified atom stereocenters. The lowest BCUT2D eigenvalue weighted by molar-refractivity contribution is 0.101. The predicted octanol–water partition coefficient (Wildman–Crippen LogP) is 5.52. The Morgan fingerprint density at radius 2 is 1.74 bits per heavy atom. The number of nitrogens with zero attached hydrogens (tertiary/aromatic N) is 3. The van der Waals surface area contributed by atoms with Crippen LogP contribution in [0.4, 0.5) is 0 Å². The van der Waals surface area contributed by atoms with Crippen LogP contribution in [0.15, 0.2) is 72.9 Å². The van der Waals surface area contributed by atoms with Crippen LogP contribution in [0, 0.1) is 5.41 Å². The molecule has 0 spiro atoms. The number of pyridine rings is 1. The molecule has 0 saturated heterocycles. The second kappa shape index (κ2) is 7.22. The lowest BCUT2D eigenvalue weighted by atomic mass is 10.0. The van der Waals surface area contributed by atoms with Gasteiger partial charge in [0, 0.05) is 28.7 Å². The van der Waals surface area contributed by atoms with Gasteiger partial charge < -0.3 is 4.57 Å². The molecule has 0 saturated carbocycles. The smallest absolute Gasteiger partial charge is 0.207 e. The summed E-state index contributed by atoms with van der Waals surface area (Å²) in [4.78, 5) is 16.6. The molecule has 5 nitrogen and oxygen atoms in total. The van der Waals surface area contributed by atoms with E-state index < -0.39 is 0 Å². The molecule has 5 aromatic rings. The fraction of sp³-hybridized carbons (Fsp3) is 0.0800. The van der Waals surface area contributed by atoms with Gasteiger partial charge in [0.2, 0.25) is 5.62 Å². The largest absolute Gasteiger partial charge is 0.312 e. The molecule has 0 radical (unpaired) electrons. The lowest BCUT2D eigenvalue weighted by Gasteiger charge is -2.09. The van der Waals surface area contributed by atoms with E-state index in [0.717, 1.165) is 38.8 Å². The number of nitrogens with one attached hydrogen (secondary N) is 1. The highest BCUT2D eigenvalue weighted by molar-refractivity contribution is 6.30. The van der Waals surface area contributed by atoms with Crippen LogP contribution in [0.3, 0.4) is 0 Å². The maximum Gasteiger partial charge on any atom is 0.207 e. The van der Waals surface area contributed by atoms with Crippen LogP contribution >= 0.6 is 11.6 Å². The van der Waals surface area contributed by atoms with Crippen molar-refractivity contribution < 1.29 is 4.79 Å². The second-order valence-corrected chi connectivity index (χ2v) is 7.99. The molecule has 2 heterocycles. The normalized spacial score (nSPS) is 11.3. The zero-order valence-electron chi connectivity index (χ0n) is 17.1. The van der Waals surface area contributed by atoms with Crippen molar-refractivity contribution in [3.8, 4) is 16.8 Å². The van der Waals surface area contributed by atoms with Gasteiger partial charge in [0.25, 0.3) is 0 Å². The van der Waals surface area contributed by atoms with Gasteiger partial charge in [-0.05, 0) is 54.4 Å². The number of carbonyl (C=O) groups is 1. The minimum absolute atomic E-state index is 0.00855. The topological polar surface area (TPSA) is 63.7 Å². The predicted molar refractivity (Wildman–Crippen MR) is 124 cm³/mol. The van der Waals surface area contributed by atoms with E-state index >= 15 is 0 Å². The first-order valence-electron chi connectivity index (χ1n) is 9.86. The van der Waals surface area contributed by atoms with Crippen molar-refractivity contribution in [1.29, 1.82) is 5.41 Å². The molecule has 0 fully saturated rings. The summed E-state index contributed by atoms with van der Waals surface area (Å²) in [6, 6.07) is 21.2. The molecule has 31 heavy (non-hydrogen) atoms. The molecular weight excluding hydrogens is 408 g/mol. The zero-order valence-corrected chi connectivity index (χ0v) is 17.8. The quantitative estimate of drug-likeness (QED) is 0.386. The van der Waals surface area contributed by atoms with Crippen LogP contribution in [-0.2, 0) is 7.05 Å². The third-order valence-corrected chi connectivity index (χ3v) is 5.88. The first-order chi connectivity index (χ1) is 14.9. The van der Waals surface area contributed by atoms with Gasteiger partial charge in [-0.25, -0.2) is 0 Å². The van der Waals surface area contributed by atoms with Crippen molar-refractivity contribution in [3.63, 3.8) is 0 Å². The Bertz CT molecular complexity index is 1540.